The second kappa shape index (κ2) is 11.4. The molecule has 1 fully saturated rings. The highest BCUT2D eigenvalue weighted by molar-refractivity contribution is 5.79. The summed E-state index contributed by atoms with van der Waals surface area (Å²) in [4.78, 5) is 31.9. The van der Waals surface area contributed by atoms with Crippen LogP contribution in [-0.4, -0.2) is 54.0 Å². The molecule has 192 valence electrons. The van der Waals surface area contributed by atoms with Crippen LogP contribution in [0.2, 0.25) is 0 Å². The number of carbonyl (C=O) groups excluding carboxylic acids is 2. The highest BCUT2D eigenvalue weighted by Crippen LogP contribution is 2.33. The van der Waals surface area contributed by atoms with Gasteiger partial charge in [0.05, 0.1) is 32.3 Å². The molecule has 8 nitrogen and oxygen atoms in total. The van der Waals surface area contributed by atoms with E-state index in [1.54, 1.807) is 19.5 Å². The van der Waals surface area contributed by atoms with Crippen molar-refractivity contribution in [1.82, 2.24) is 15.2 Å². The number of hydrogen-bond acceptors (Lipinski definition) is 6. The van der Waals surface area contributed by atoms with Crippen LogP contribution in [0.15, 0.2) is 67.0 Å². The summed E-state index contributed by atoms with van der Waals surface area (Å²) in [5, 5.41) is 3.15. The molecule has 4 bridgehead atoms. The summed E-state index contributed by atoms with van der Waals surface area (Å²) >= 11 is 0. The van der Waals surface area contributed by atoms with Gasteiger partial charge in [0.15, 0.2) is 11.5 Å². The molecule has 2 aromatic carbocycles. The van der Waals surface area contributed by atoms with Crippen molar-refractivity contribution in [2.75, 3.05) is 20.2 Å². The molecule has 0 aliphatic carbocycles. The van der Waals surface area contributed by atoms with E-state index in [1.807, 2.05) is 59.5 Å². The van der Waals surface area contributed by atoms with Crippen molar-refractivity contribution in [3.8, 4) is 17.2 Å². The van der Waals surface area contributed by atoms with E-state index in [2.05, 4.69) is 10.3 Å². The van der Waals surface area contributed by atoms with Crippen LogP contribution in [0.1, 0.15) is 29.5 Å². The van der Waals surface area contributed by atoms with E-state index in [1.165, 1.54) is 0 Å². The molecule has 0 saturated carbocycles. The summed E-state index contributed by atoms with van der Waals surface area (Å²) < 4.78 is 17.9. The number of amides is 2. The molecule has 0 unspecified atom stereocenters. The third-order valence-corrected chi connectivity index (χ3v) is 6.79. The minimum absolute atomic E-state index is 0.0206. The maximum atomic E-state index is 13.0. The van der Waals surface area contributed by atoms with Gasteiger partial charge in [0, 0.05) is 31.9 Å². The zero-order chi connectivity index (χ0) is 25.6. The fourth-order valence-electron chi connectivity index (χ4n) is 4.81. The lowest BCUT2D eigenvalue weighted by molar-refractivity contribution is -0.136. The summed E-state index contributed by atoms with van der Waals surface area (Å²) in [6.07, 6.45) is 4.98. The largest absolute Gasteiger partial charge is 0.493 e. The Hall–Kier alpha value is -3.91. The van der Waals surface area contributed by atoms with E-state index in [9.17, 15) is 9.59 Å². The van der Waals surface area contributed by atoms with Crippen molar-refractivity contribution in [3.05, 3.63) is 83.7 Å². The van der Waals surface area contributed by atoms with Gasteiger partial charge in [-0.1, -0.05) is 24.3 Å². The predicted molar refractivity (Wildman–Crippen MR) is 137 cm³/mol. The number of aryl methyl sites for hydroxylation is 1. The van der Waals surface area contributed by atoms with Gasteiger partial charge in [-0.15, -0.1) is 0 Å². The SMILES string of the molecule is COc1ccc2cc1Oc1cccc(c1)CO[C@@H]1CCN(C(=O)Cc3cccnc3)C[C@@H]1NC(=O)CC2. The zero-order valence-electron chi connectivity index (χ0n) is 20.9. The first-order valence-corrected chi connectivity index (χ1v) is 12.6. The Labute approximate surface area is 216 Å². The normalized spacial score (nSPS) is 19.9. The molecule has 1 N–H and O–H groups in total. The van der Waals surface area contributed by atoms with E-state index in [4.69, 9.17) is 14.2 Å². The molecule has 2 atom stereocenters. The van der Waals surface area contributed by atoms with Crippen LogP contribution in [0.3, 0.4) is 0 Å². The number of piperidine rings is 1. The van der Waals surface area contributed by atoms with Crippen LogP contribution >= 0.6 is 0 Å². The predicted octanol–water partition coefficient (Wildman–Crippen LogP) is 3.67. The van der Waals surface area contributed by atoms with Crippen molar-refractivity contribution in [1.29, 1.82) is 0 Å². The van der Waals surface area contributed by atoms with Gasteiger partial charge in [-0.3, -0.25) is 14.6 Å². The van der Waals surface area contributed by atoms with Gasteiger partial charge >= 0.3 is 0 Å². The van der Waals surface area contributed by atoms with Crippen LogP contribution in [0, 0.1) is 0 Å². The first-order valence-electron chi connectivity index (χ1n) is 12.6. The van der Waals surface area contributed by atoms with Crippen LogP contribution in [0.25, 0.3) is 0 Å². The van der Waals surface area contributed by atoms with Crippen molar-refractivity contribution < 1.29 is 23.8 Å². The number of carbonyl (C=O) groups is 2. The molecule has 2 aliphatic rings. The fraction of sp³-hybridized carbons (Fsp3) is 0.345. The van der Waals surface area contributed by atoms with Crippen molar-refractivity contribution in [3.63, 3.8) is 0 Å². The zero-order valence-corrected chi connectivity index (χ0v) is 20.9. The second-order valence-corrected chi connectivity index (χ2v) is 9.42. The Morgan fingerprint density at radius 1 is 1.14 bits per heavy atom. The van der Waals surface area contributed by atoms with E-state index in [-0.39, 0.29) is 30.4 Å². The van der Waals surface area contributed by atoms with Gasteiger partial charge in [0.1, 0.15) is 5.75 Å². The van der Waals surface area contributed by atoms with Crippen LogP contribution in [0.5, 0.6) is 17.2 Å². The average molecular weight is 502 g/mol. The Balaban J connectivity index is 1.35. The van der Waals surface area contributed by atoms with Crippen LogP contribution in [0.4, 0.5) is 0 Å². The topological polar surface area (TPSA) is 90.0 Å². The Morgan fingerprint density at radius 3 is 2.89 bits per heavy atom. The number of nitrogens with one attached hydrogen (secondary N) is 1. The van der Waals surface area contributed by atoms with Gasteiger partial charge < -0.3 is 24.4 Å². The molecule has 0 spiro atoms. The highest BCUT2D eigenvalue weighted by Gasteiger charge is 2.33. The number of fused-ring (bicyclic) bond motifs is 5. The summed E-state index contributed by atoms with van der Waals surface area (Å²) in [6, 6.07) is 16.9. The summed E-state index contributed by atoms with van der Waals surface area (Å²) in [5.74, 6) is 1.86. The monoisotopic (exact) mass is 501 g/mol. The molecule has 3 aromatic rings. The lowest BCUT2D eigenvalue weighted by atomic mass is 10.00. The van der Waals surface area contributed by atoms with Crippen molar-refractivity contribution >= 4 is 11.8 Å². The lowest BCUT2D eigenvalue weighted by Crippen LogP contribution is -2.57. The smallest absolute Gasteiger partial charge is 0.227 e. The van der Waals surface area contributed by atoms with E-state index in [0.717, 1.165) is 16.7 Å². The molecule has 1 saturated heterocycles. The maximum absolute atomic E-state index is 13.0. The molecular formula is C29H31N3O5. The van der Waals surface area contributed by atoms with Crippen molar-refractivity contribution in [2.24, 2.45) is 0 Å². The van der Waals surface area contributed by atoms with Crippen molar-refractivity contribution in [2.45, 2.75) is 44.4 Å². The molecule has 8 heteroatoms. The Bertz CT molecular complexity index is 1250. The molecule has 2 amide bonds. The summed E-state index contributed by atoms with van der Waals surface area (Å²) in [6.45, 7) is 1.35. The molecule has 1 aromatic heterocycles. The number of ether oxygens (including phenoxy) is 3. The first kappa shape index (κ1) is 24.8. The van der Waals surface area contributed by atoms with E-state index in [0.29, 0.717) is 56.2 Å². The number of aromatic nitrogens is 1. The number of hydrogen-bond donors (Lipinski definition) is 1. The Kier molecular flexibility index (Phi) is 7.65. The van der Waals surface area contributed by atoms with Gasteiger partial charge in [0.2, 0.25) is 11.8 Å². The van der Waals surface area contributed by atoms with E-state index < -0.39 is 0 Å². The highest BCUT2D eigenvalue weighted by atomic mass is 16.5. The van der Waals surface area contributed by atoms with Crippen LogP contribution in [-0.2, 0) is 33.8 Å². The third kappa shape index (κ3) is 6.27. The number of nitrogens with zero attached hydrogens (tertiary/aromatic N) is 2. The van der Waals surface area contributed by atoms with E-state index >= 15 is 0 Å². The third-order valence-electron chi connectivity index (χ3n) is 6.79. The lowest BCUT2D eigenvalue weighted by Gasteiger charge is -2.39. The number of benzene rings is 2. The molecule has 0 radical (unpaired) electrons. The quantitative estimate of drug-likeness (QED) is 0.589. The average Bonchev–Trinajstić information content (AvgIpc) is 2.92. The number of methoxy groups -OCH3 is 1. The number of rotatable bonds is 3. The minimum Gasteiger partial charge on any atom is -0.493 e. The van der Waals surface area contributed by atoms with Gasteiger partial charge in [0.25, 0.3) is 0 Å². The summed E-state index contributed by atoms with van der Waals surface area (Å²) in [7, 11) is 1.61. The Morgan fingerprint density at radius 2 is 2.05 bits per heavy atom. The van der Waals surface area contributed by atoms with Gasteiger partial charge in [-0.2, -0.15) is 0 Å². The minimum atomic E-state index is -0.296. The van der Waals surface area contributed by atoms with Gasteiger partial charge in [-0.25, -0.2) is 0 Å². The van der Waals surface area contributed by atoms with Crippen LogP contribution < -0.4 is 14.8 Å². The molecule has 2 aliphatic heterocycles. The number of likely N-dealkylation sites (tertiary alicyclic amines) is 1. The maximum Gasteiger partial charge on any atom is 0.227 e. The summed E-state index contributed by atoms with van der Waals surface area (Å²) in [5.41, 5.74) is 2.81. The standard InChI is InChI=1S/C29H31N3O5/c1-35-26-9-7-20-8-10-28(33)31-24-18-32(29(34)16-21-5-3-12-30-17-21)13-11-25(24)36-19-22-4-2-6-23(14-22)37-27(26)15-20/h2-7,9,12,14-15,17,24-25H,8,10-11,13,16,18-19H2,1H3,(H,31,33)/t24-,25+/m0/s1. The fourth-order valence-corrected chi connectivity index (χ4v) is 4.81. The second-order valence-electron chi connectivity index (χ2n) is 9.42. The molecule has 3 heterocycles. The molecule has 5 rings (SSSR count). The molecule has 37 heavy (non-hydrogen) atoms. The first-order chi connectivity index (χ1) is 18.1. The van der Waals surface area contributed by atoms with Gasteiger partial charge in [-0.05, 0) is 59.9 Å². The molecular weight excluding hydrogens is 470 g/mol. The number of pyridine rings is 1.